The van der Waals surface area contributed by atoms with Crippen LogP contribution in [0.5, 0.6) is 5.75 Å². The van der Waals surface area contributed by atoms with E-state index in [1.165, 1.54) is 29.0 Å². The largest absolute Gasteiger partial charge is 0.508 e. The quantitative estimate of drug-likeness (QED) is 0.408. The lowest BCUT2D eigenvalue weighted by Gasteiger charge is -2.26. The Kier molecular flexibility index (Phi) is 4.80. The molecule has 0 bridgehead atoms. The Morgan fingerprint density at radius 2 is 1.82 bits per heavy atom. The number of aliphatic imine (C=N–C) groups is 1. The second kappa shape index (κ2) is 7.85. The van der Waals surface area contributed by atoms with Crippen molar-refractivity contribution in [2.24, 2.45) is 4.99 Å². The zero-order valence-corrected chi connectivity index (χ0v) is 18.5. The molecule has 0 amide bonds. The van der Waals surface area contributed by atoms with Crippen molar-refractivity contribution in [1.29, 1.82) is 0 Å². The molecule has 5 heteroatoms. The van der Waals surface area contributed by atoms with Gasteiger partial charge in [-0.2, -0.15) is 0 Å². The highest BCUT2D eigenvalue weighted by Crippen LogP contribution is 2.45. The first-order chi connectivity index (χ1) is 16.1. The molecule has 3 heterocycles. The fraction of sp³-hybridized carbons (Fsp3) is 0.250. The van der Waals surface area contributed by atoms with Gasteiger partial charge in [0.1, 0.15) is 11.6 Å². The third kappa shape index (κ3) is 3.35. The predicted molar refractivity (Wildman–Crippen MR) is 129 cm³/mol. The second-order valence-corrected chi connectivity index (χ2v) is 9.00. The first-order valence-electron chi connectivity index (χ1n) is 11.4. The van der Waals surface area contributed by atoms with E-state index in [9.17, 15) is 9.50 Å². The summed E-state index contributed by atoms with van der Waals surface area (Å²) in [5, 5.41) is 11.3. The minimum absolute atomic E-state index is 0.245. The van der Waals surface area contributed by atoms with Crippen LogP contribution < -0.4 is 0 Å². The van der Waals surface area contributed by atoms with Gasteiger partial charge in [0, 0.05) is 47.7 Å². The average Bonchev–Trinajstić information content (AvgIpc) is 3.42. The van der Waals surface area contributed by atoms with Crippen molar-refractivity contribution in [3.05, 3.63) is 82.8 Å². The number of phenolic OH excluding ortho intramolecular Hbond substituents is 1. The van der Waals surface area contributed by atoms with Crippen LogP contribution in [-0.4, -0.2) is 29.1 Å². The molecule has 3 aromatic carbocycles. The summed E-state index contributed by atoms with van der Waals surface area (Å²) in [7, 11) is 0. The lowest BCUT2D eigenvalue weighted by atomic mass is 9.89. The van der Waals surface area contributed by atoms with Crippen molar-refractivity contribution in [3.63, 3.8) is 0 Å². The molecule has 0 atom stereocenters. The molecule has 4 nitrogen and oxygen atoms in total. The first kappa shape index (κ1) is 20.2. The summed E-state index contributed by atoms with van der Waals surface area (Å²) in [5.41, 5.74) is 8.72. The van der Waals surface area contributed by atoms with Gasteiger partial charge in [-0.3, -0.25) is 4.99 Å². The molecule has 0 spiro atoms. The Morgan fingerprint density at radius 1 is 1.03 bits per heavy atom. The molecule has 1 fully saturated rings. The summed E-state index contributed by atoms with van der Waals surface area (Å²) in [4.78, 5) is 4.47. The van der Waals surface area contributed by atoms with E-state index in [0.29, 0.717) is 18.2 Å². The normalized spacial score (nSPS) is 15.9. The molecule has 0 unspecified atom stereocenters. The number of hydrogen-bond donors (Lipinski definition) is 1. The van der Waals surface area contributed by atoms with E-state index in [2.05, 4.69) is 27.8 Å². The van der Waals surface area contributed by atoms with E-state index < -0.39 is 0 Å². The van der Waals surface area contributed by atoms with Crippen LogP contribution in [0.25, 0.3) is 27.7 Å². The molecular formula is C28H25FN2O2. The molecule has 0 radical (unpaired) electrons. The lowest BCUT2D eigenvalue weighted by Crippen LogP contribution is -2.17. The van der Waals surface area contributed by atoms with Crippen molar-refractivity contribution in [1.82, 2.24) is 4.57 Å². The van der Waals surface area contributed by atoms with Crippen LogP contribution in [0.2, 0.25) is 0 Å². The van der Waals surface area contributed by atoms with Gasteiger partial charge in [0.05, 0.1) is 12.1 Å². The van der Waals surface area contributed by atoms with Crippen LogP contribution in [-0.2, 0) is 11.3 Å². The fourth-order valence-electron chi connectivity index (χ4n) is 5.25. The number of aromatic hydroxyl groups is 1. The average molecular weight is 441 g/mol. The smallest absolute Gasteiger partial charge is 0.123 e. The van der Waals surface area contributed by atoms with Crippen LogP contribution in [0.4, 0.5) is 4.39 Å². The fourth-order valence-corrected chi connectivity index (χ4v) is 5.25. The second-order valence-electron chi connectivity index (χ2n) is 9.00. The van der Waals surface area contributed by atoms with Gasteiger partial charge in [-0.25, -0.2) is 4.39 Å². The van der Waals surface area contributed by atoms with Crippen molar-refractivity contribution in [3.8, 4) is 22.6 Å². The standard InChI is InChI=1S/C28H25FN2O2/c1-17-12-19(2-7-26(17)32)27-24-13-20-15-30-16-21(20)14-25(24)31(23-5-3-22(29)4-6-23)28(27)18-8-10-33-11-9-18/h2-7,12-14,16,18,32H,8-11,15H2,1H3. The van der Waals surface area contributed by atoms with Gasteiger partial charge in [0.15, 0.2) is 0 Å². The van der Waals surface area contributed by atoms with Gasteiger partial charge >= 0.3 is 0 Å². The van der Waals surface area contributed by atoms with Gasteiger partial charge in [-0.15, -0.1) is 0 Å². The van der Waals surface area contributed by atoms with Gasteiger partial charge < -0.3 is 14.4 Å². The Bertz CT molecular complexity index is 1400. The molecule has 33 heavy (non-hydrogen) atoms. The minimum Gasteiger partial charge on any atom is -0.508 e. The number of fused-ring (bicyclic) bond motifs is 2. The van der Waals surface area contributed by atoms with Crippen LogP contribution >= 0.6 is 0 Å². The summed E-state index contributed by atoms with van der Waals surface area (Å²) in [5.74, 6) is 0.358. The van der Waals surface area contributed by atoms with Gasteiger partial charge in [-0.05, 0) is 90.6 Å². The van der Waals surface area contributed by atoms with Crippen molar-refractivity contribution < 1.29 is 14.2 Å². The highest BCUT2D eigenvalue weighted by Gasteiger charge is 2.29. The van der Waals surface area contributed by atoms with Gasteiger partial charge in [0.25, 0.3) is 0 Å². The highest BCUT2D eigenvalue weighted by atomic mass is 19.1. The summed E-state index contributed by atoms with van der Waals surface area (Å²) >= 11 is 0. The molecule has 2 aliphatic heterocycles. The van der Waals surface area contributed by atoms with Crippen molar-refractivity contribution >= 4 is 17.1 Å². The maximum absolute atomic E-state index is 13.8. The zero-order valence-electron chi connectivity index (χ0n) is 18.5. The third-order valence-corrected chi connectivity index (χ3v) is 6.94. The number of benzene rings is 3. The lowest BCUT2D eigenvalue weighted by molar-refractivity contribution is 0.0843. The van der Waals surface area contributed by atoms with Crippen LogP contribution in [0, 0.1) is 12.7 Å². The maximum Gasteiger partial charge on any atom is 0.123 e. The third-order valence-electron chi connectivity index (χ3n) is 6.94. The van der Waals surface area contributed by atoms with E-state index in [-0.39, 0.29) is 5.82 Å². The molecule has 1 saturated heterocycles. The van der Waals surface area contributed by atoms with E-state index in [4.69, 9.17) is 4.74 Å². The van der Waals surface area contributed by atoms with Crippen LogP contribution in [0.15, 0.2) is 59.6 Å². The monoisotopic (exact) mass is 440 g/mol. The van der Waals surface area contributed by atoms with E-state index in [1.54, 1.807) is 6.07 Å². The molecular weight excluding hydrogens is 415 g/mol. The summed E-state index contributed by atoms with van der Waals surface area (Å²) in [6.07, 6.45) is 3.81. The SMILES string of the molecule is Cc1cc(-c2c(C3CCOCC3)n(-c3ccc(F)cc3)c3cc4c(cc23)CN=C4)ccc1O. The zero-order chi connectivity index (χ0) is 22.5. The Morgan fingerprint density at radius 3 is 2.58 bits per heavy atom. The molecule has 0 aliphatic carbocycles. The number of halogens is 1. The van der Waals surface area contributed by atoms with Crippen molar-refractivity contribution in [2.45, 2.75) is 32.2 Å². The number of ether oxygens (including phenoxy) is 1. The number of aromatic nitrogens is 1. The number of aryl methyl sites for hydroxylation is 1. The number of phenols is 1. The number of nitrogens with zero attached hydrogens (tertiary/aromatic N) is 2. The van der Waals surface area contributed by atoms with E-state index in [0.717, 1.165) is 59.3 Å². The molecule has 1 aromatic heterocycles. The van der Waals surface area contributed by atoms with Crippen molar-refractivity contribution in [2.75, 3.05) is 13.2 Å². The van der Waals surface area contributed by atoms with Crippen LogP contribution in [0.3, 0.4) is 0 Å². The van der Waals surface area contributed by atoms with Crippen LogP contribution in [0.1, 0.15) is 41.1 Å². The predicted octanol–water partition coefficient (Wildman–Crippen LogP) is 6.28. The molecule has 0 saturated carbocycles. The van der Waals surface area contributed by atoms with Gasteiger partial charge in [-0.1, -0.05) is 6.07 Å². The number of rotatable bonds is 3. The summed E-state index contributed by atoms with van der Waals surface area (Å²) in [6, 6.07) is 17.1. The minimum atomic E-state index is -0.245. The Labute approximate surface area is 192 Å². The van der Waals surface area contributed by atoms with E-state index >= 15 is 0 Å². The molecule has 2 aliphatic rings. The molecule has 6 rings (SSSR count). The van der Waals surface area contributed by atoms with E-state index in [1.807, 2.05) is 31.3 Å². The summed E-state index contributed by atoms with van der Waals surface area (Å²) in [6.45, 7) is 4.07. The van der Waals surface area contributed by atoms with Gasteiger partial charge in [0.2, 0.25) is 0 Å². The molecule has 1 N–H and O–H groups in total. The Balaban J connectivity index is 1.73. The topological polar surface area (TPSA) is 46.8 Å². The Hall–Kier alpha value is -3.44. The molecule has 166 valence electrons. The highest BCUT2D eigenvalue weighted by molar-refractivity contribution is 6.03. The molecule has 4 aromatic rings. The number of hydrogen-bond acceptors (Lipinski definition) is 3. The first-order valence-corrected chi connectivity index (χ1v) is 11.4. The summed E-state index contributed by atoms with van der Waals surface area (Å²) < 4.78 is 21.8. The maximum atomic E-state index is 13.8.